The highest BCUT2D eigenvalue weighted by Crippen LogP contribution is 2.16. The summed E-state index contributed by atoms with van der Waals surface area (Å²) in [4.78, 5) is 0. The molecule has 0 aliphatic carbocycles. The van der Waals surface area contributed by atoms with E-state index >= 15 is 0 Å². The van der Waals surface area contributed by atoms with Crippen LogP contribution in [-0.2, 0) is 0 Å². The summed E-state index contributed by atoms with van der Waals surface area (Å²) >= 11 is 0. The first-order valence-electron chi connectivity index (χ1n) is 6.12. The molecular weight excluding hydrogens is 170 g/mol. The Bertz CT molecular complexity index is 127. The molecule has 0 radical (unpaired) electrons. The second kappa shape index (κ2) is 9.26. The van der Waals surface area contributed by atoms with Gasteiger partial charge in [0.15, 0.2) is 0 Å². The summed E-state index contributed by atoms with van der Waals surface area (Å²) in [5.74, 6) is 0.879. The average Bonchev–Trinajstić information content (AvgIpc) is 2.22. The SMILES string of the molecule is C=CCC(CC(CC)CC)NCCC. The maximum Gasteiger partial charge on any atom is 0.0104 e. The molecule has 0 saturated carbocycles. The van der Waals surface area contributed by atoms with E-state index in [2.05, 4.69) is 32.7 Å². The maximum absolute atomic E-state index is 3.83. The van der Waals surface area contributed by atoms with Crippen LogP contribution in [0.15, 0.2) is 12.7 Å². The van der Waals surface area contributed by atoms with Gasteiger partial charge in [0, 0.05) is 6.04 Å². The van der Waals surface area contributed by atoms with Gasteiger partial charge in [-0.3, -0.25) is 0 Å². The topological polar surface area (TPSA) is 12.0 Å². The van der Waals surface area contributed by atoms with E-state index in [1.807, 2.05) is 6.08 Å². The molecule has 1 heteroatoms. The molecule has 14 heavy (non-hydrogen) atoms. The summed E-state index contributed by atoms with van der Waals surface area (Å²) in [5, 5.41) is 3.60. The molecule has 0 rings (SSSR count). The predicted octanol–water partition coefficient (Wildman–Crippen LogP) is 3.76. The van der Waals surface area contributed by atoms with Crippen LogP contribution in [0.25, 0.3) is 0 Å². The lowest BCUT2D eigenvalue weighted by Gasteiger charge is -2.21. The van der Waals surface area contributed by atoms with Crippen molar-refractivity contribution < 1.29 is 0 Å². The van der Waals surface area contributed by atoms with Crippen LogP contribution in [0, 0.1) is 5.92 Å². The molecule has 0 spiro atoms. The van der Waals surface area contributed by atoms with Crippen molar-refractivity contribution in [1.82, 2.24) is 5.32 Å². The summed E-state index contributed by atoms with van der Waals surface area (Å²) in [6, 6.07) is 0.650. The van der Waals surface area contributed by atoms with Crippen molar-refractivity contribution in [3.8, 4) is 0 Å². The first-order valence-corrected chi connectivity index (χ1v) is 6.12. The molecule has 1 unspecified atom stereocenters. The summed E-state index contributed by atoms with van der Waals surface area (Å²) in [6.07, 6.45) is 8.28. The fraction of sp³-hybridized carbons (Fsp3) is 0.846. The molecule has 0 aliphatic heterocycles. The van der Waals surface area contributed by atoms with Crippen molar-refractivity contribution in [3.63, 3.8) is 0 Å². The van der Waals surface area contributed by atoms with Gasteiger partial charge in [-0.1, -0.05) is 39.7 Å². The Kier molecular flexibility index (Phi) is 9.06. The van der Waals surface area contributed by atoms with Gasteiger partial charge in [0.25, 0.3) is 0 Å². The van der Waals surface area contributed by atoms with Gasteiger partial charge >= 0.3 is 0 Å². The Morgan fingerprint density at radius 2 is 1.86 bits per heavy atom. The van der Waals surface area contributed by atoms with Gasteiger partial charge in [-0.05, 0) is 31.7 Å². The fourth-order valence-electron chi connectivity index (χ4n) is 1.84. The third-order valence-corrected chi connectivity index (χ3v) is 2.91. The van der Waals surface area contributed by atoms with Crippen molar-refractivity contribution in [2.45, 2.75) is 58.9 Å². The van der Waals surface area contributed by atoms with Crippen LogP contribution < -0.4 is 5.32 Å². The predicted molar refractivity (Wildman–Crippen MR) is 65.6 cm³/mol. The highest BCUT2D eigenvalue weighted by molar-refractivity contribution is 4.79. The second-order valence-electron chi connectivity index (χ2n) is 4.09. The largest absolute Gasteiger partial charge is 0.314 e. The molecule has 0 fully saturated rings. The molecule has 0 aliphatic rings. The normalized spacial score (nSPS) is 13.1. The van der Waals surface area contributed by atoms with Crippen LogP contribution in [-0.4, -0.2) is 12.6 Å². The summed E-state index contributed by atoms with van der Waals surface area (Å²) < 4.78 is 0. The quantitative estimate of drug-likeness (QED) is 0.555. The maximum atomic E-state index is 3.83. The van der Waals surface area contributed by atoms with Crippen molar-refractivity contribution in [1.29, 1.82) is 0 Å². The van der Waals surface area contributed by atoms with Crippen LogP contribution in [0.3, 0.4) is 0 Å². The average molecular weight is 197 g/mol. The Balaban J connectivity index is 3.85. The molecule has 0 aromatic heterocycles. The highest BCUT2D eigenvalue weighted by atomic mass is 14.9. The van der Waals surface area contributed by atoms with E-state index in [0.29, 0.717) is 6.04 Å². The minimum atomic E-state index is 0.650. The van der Waals surface area contributed by atoms with E-state index in [1.54, 1.807) is 0 Å². The van der Waals surface area contributed by atoms with Crippen molar-refractivity contribution in [3.05, 3.63) is 12.7 Å². The molecule has 0 heterocycles. The summed E-state index contributed by atoms with van der Waals surface area (Å²) in [7, 11) is 0. The van der Waals surface area contributed by atoms with E-state index in [9.17, 15) is 0 Å². The van der Waals surface area contributed by atoms with E-state index in [0.717, 1.165) is 18.9 Å². The minimum Gasteiger partial charge on any atom is -0.314 e. The lowest BCUT2D eigenvalue weighted by molar-refractivity contribution is 0.366. The van der Waals surface area contributed by atoms with Crippen molar-refractivity contribution in [2.75, 3.05) is 6.54 Å². The second-order valence-corrected chi connectivity index (χ2v) is 4.09. The standard InChI is InChI=1S/C13H27N/c1-5-9-13(14-10-6-2)11-12(7-3)8-4/h5,12-14H,1,6-11H2,2-4H3. The smallest absolute Gasteiger partial charge is 0.0104 e. The molecule has 0 saturated heterocycles. The van der Waals surface area contributed by atoms with Gasteiger partial charge in [0.2, 0.25) is 0 Å². The Morgan fingerprint density at radius 1 is 1.21 bits per heavy atom. The lowest BCUT2D eigenvalue weighted by Crippen LogP contribution is -2.31. The van der Waals surface area contributed by atoms with Crippen molar-refractivity contribution >= 4 is 0 Å². The molecule has 1 N–H and O–H groups in total. The van der Waals surface area contributed by atoms with Gasteiger partial charge in [-0.25, -0.2) is 0 Å². The third-order valence-electron chi connectivity index (χ3n) is 2.91. The lowest BCUT2D eigenvalue weighted by atomic mass is 9.93. The van der Waals surface area contributed by atoms with Gasteiger partial charge in [0.1, 0.15) is 0 Å². The number of hydrogen-bond donors (Lipinski definition) is 1. The highest BCUT2D eigenvalue weighted by Gasteiger charge is 2.11. The van der Waals surface area contributed by atoms with Crippen LogP contribution in [0.4, 0.5) is 0 Å². The summed E-state index contributed by atoms with van der Waals surface area (Å²) in [6.45, 7) is 11.8. The molecule has 0 aromatic carbocycles. The first kappa shape index (κ1) is 13.7. The van der Waals surface area contributed by atoms with E-state index in [1.165, 1.54) is 25.7 Å². The van der Waals surface area contributed by atoms with Crippen LogP contribution in [0.1, 0.15) is 52.9 Å². The van der Waals surface area contributed by atoms with Gasteiger partial charge in [-0.15, -0.1) is 6.58 Å². The minimum absolute atomic E-state index is 0.650. The molecule has 0 bridgehead atoms. The molecule has 0 aromatic rings. The molecule has 0 amide bonds. The van der Waals surface area contributed by atoms with Gasteiger partial charge in [-0.2, -0.15) is 0 Å². The number of hydrogen-bond acceptors (Lipinski definition) is 1. The monoisotopic (exact) mass is 197 g/mol. The third kappa shape index (κ3) is 6.20. The zero-order valence-corrected chi connectivity index (χ0v) is 10.2. The Labute approximate surface area is 90.0 Å². The zero-order valence-electron chi connectivity index (χ0n) is 10.2. The molecular formula is C13H27N. The van der Waals surface area contributed by atoms with Crippen LogP contribution in [0.2, 0.25) is 0 Å². The van der Waals surface area contributed by atoms with E-state index < -0.39 is 0 Å². The fourth-order valence-corrected chi connectivity index (χ4v) is 1.84. The number of rotatable bonds is 9. The van der Waals surface area contributed by atoms with Crippen LogP contribution >= 0.6 is 0 Å². The van der Waals surface area contributed by atoms with Crippen LogP contribution in [0.5, 0.6) is 0 Å². The Hall–Kier alpha value is -0.300. The van der Waals surface area contributed by atoms with Gasteiger partial charge in [0.05, 0.1) is 0 Å². The number of nitrogens with one attached hydrogen (secondary N) is 1. The molecule has 84 valence electrons. The molecule has 1 atom stereocenters. The Morgan fingerprint density at radius 3 is 2.29 bits per heavy atom. The summed E-state index contributed by atoms with van der Waals surface area (Å²) in [5.41, 5.74) is 0. The first-order chi connectivity index (χ1) is 6.78. The van der Waals surface area contributed by atoms with Crippen molar-refractivity contribution in [2.24, 2.45) is 5.92 Å². The zero-order chi connectivity index (χ0) is 10.8. The molecule has 1 nitrogen and oxygen atoms in total. The van der Waals surface area contributed by atoms with E-state index in [4.69, 9.17) is 0 Å². The van der Waals surface area contributed by atoms with E-state index in [-0.39, 0.29) is 0 Å². The van der Waals surface area contributed by atoms with Gasteiger partial charge < -0.3 is 5.32 Å².